The summed E-state index contributed by atoms with van der Waals surface area (Å²) in [5.74, 6) is 0. The topological polar surface area (TPSA) is 41.9 Å². The molecule has 4 heteroatoms. The number of hydrogen-bond donors (Lipinski definition) is 1. The minimum absolute atomic E-state index is 0.169. The second kappa shape index (κ2) is 8.98. The fourth-order valence-corrected chi connectivity index (χ4v) is 2.91. The van der Waals surface area contributed by atoms with Crippen LogP contribution in [0.25, 0.3) is 0 Å². The molecule has 1 heterocycles. The molecule has 1 saturated heterocycles. The van der Waals surface area contributed by atoms with Crippen LogP contribution in [0.15, 0.2) is 0 Å². The van der Waals surface area contributed by atoms with Gasteiger partial charge in [0, 0.05) is 38.4 Å². The van der Waals surface area contributed by atoms with Crippen LogP contribution in [0.3, 0.4) is 0 Å². The highest BCUT2D eigenvalue weighted by Gasteiger charge is 2.38. The third-order valence-corrected chi connectivity index (χ3v) is 4.08. The summed E-state index contributed by atoms with van der Waals surface area (Å²) in [5, 5.41) is 8.72. The van der Waals surface area contributed by atoms with Crippen LogP contribution in [0.1, 0.15) is 52.9 Å². The molecule has 0 bridgehead atoms. The molecule has 1 fully saturated rings. The van der Waals surface area contributed by atoms with Crippen molar-refractivity contribution in [3.63, 3.8) is 0 Å². The van der Waals surface area contributed by atoms with Crippen LogP contribution < -0.4 is 0 Å². The van der Waals surface area contributed by atoms with Gasteiger partial charge in [0.1, 0.15) is 0 Å². The van der Waals surface area contributed by atoms with E-state index in [1.54, 1.807) is 7.11 Å². The number of unbranched alkanes of at least 4 members (excludes halogenated alkanes) is 3. The molecule has 1 N–H and O–H groups in total. The molecule has 2 atom stereocenters. The van der Waals surface area contributed by atoms with Gasteiger partial charge < -0.3 is 14.6 Å². The second-order valence-corrected chi connectivity index (χ2v) is 6.78. The molecule has 1 rings (SSSR count). The normalized spacial score (nSPS) is 24.4. The minimum Gasteiger partial charge on any atom is -0.396 e. The maximum atomic E-state index is 8.72. The zero-order valence-corrected chi connectivity index (χ0v) is 13.7. The van der Waals surface area contributed by atoms with Gasteiger partial charge in [-0.05, 0) is 40.0 Å². The van der Waals surface area contributed by atoms with E-state index >= 15 is 0 Å². The lowest BCUT2D eigenvalue weighted by atomic mass is 10.1. The zero-order chi connectivity index (χ0) is 15.0. The molecular formula is C16H33NO3. The molecule has 0 spiro atoms. The molecule has 0 radical (unpaired) electrons. The maximum absolute atomic E-state index is 8.72. The van der Waals surface area contributed by atoms with Crippen LogP contribution in [0.2, 0.25) is 0 Å². The monoisotopic (exact) mass is 287 g/mol. The van der Waals surface area contributed by atoms with Crippen LogP contribution in [0, 0.1) is 0 Å². The van der Waals surface area contributed by atoms with Crippen molar-refractivity contribution in [1.29, 1.82) is 0 Å². The van der Waals surface area contributed by atoms with Gasteiger partial charge in [-0.25, -0.2) is 0 Å². The Hall–Kier alpha value is -0.160. The third kappa shape index (κ3) is 6.08. The van der Waals surface area contributed by atoms with Crippen molar-refractivity contribution >= 4 is 0 Å². The highest BCUT2D eigenvalue weighted by atomic mass is 16.5. The molecule has 4 nitrogen and oxygen atoms in total. The van der Waals surface area contributed by atoms with Crippen molar-refractivity contribution in [2.24, 2.45) is 0 Å². The first-order valence-electron chi connectivity index (χ1n) is 7.97. The summed E-state index contributed by atoms with van der Waals surface area (Å²) in [6.07, 6.45) is 5.66. The van der Waals surface area contributed by atoms with Gasteiger partial charge in [0.2, 0.25) is 0 Å². The molecule has 2 unspecified atom stereocenters. The first kappa shape index (κ1) is 17.9. The van der Waals surface area contributed by atoms with E-state index in [2.05, 4.69) is 25.7 Å². The Labute approximate surface area is 124 Å². The molecule has 0 aromatic heterocycles. The van der Waals surface area contributed by atoms with Crippen LogP contribution in [-0.2, 0) is 9.47 Å². The molecule has 0 amide bonds. The average molecular weight is 287 g/mol. The van der Waals surface area contributed by atoms with Crippen molar-refractivity contribution in [3.05, 3.63) is 0 Å². The third-order valence-electron chi connectivity index (χ3n) is 4.08. The van der Waals surface area contributed by atoms with Gasteiger partial charge in [-0.15, -0.1) is 0 Å². The lowest BCUT2D eigenvalue weighted by Crippen LogP contribution is -2.46. The standard InChI is InChI=1S/C16H33NO3/c1-16(2,3)17-12-15(19-4)11-14(17)13-20-10-8-6-5-7-9-18/h14-15,18H,5-13H2,1-4H3. The number of nitrogens with zero attached hydrogens (tertiary/aromatic N) is 1. The van der Waals surface area contributed by atoms with Gasteiger partial charge >= 0.3 is 0 Å². The lowest BCUT2D eigenvalue weighted by molar-refractivity contribution is 0.0354. The van der Waals surface area contributed by atoms with E-state index < -0.39 is 0 Å². The predicted octanol–water partition coefficient (Wildman–Crippen LogP) is 2.44. The van der Waals surface area contributed by atoms with Crippen LogP contribution in [0.4, 0.5) is 0 Å². The first-order chi connectivity index (χ1) is 9.49. The summed E-state index contributed by atoms with van der Waals surface area (Å²) < 4.78 is 11.4. The second-order valence-electron chi connectivity index (χ2n) is 6.78. The van der Waals surface area contributed by atoms with E-state index in [0.717, 1.165) is 51.9 Å². The van der Waals surface area contributed by atoms with Crippen molar-refractivity contribution in [2.75, 3.05) is 33.5 Å². The van der Waals surface area contributed by atoms with Crippen LogP contribution >= 0.6 is 0 Å². The van der Waals surface area contributed by atoms with Crippen molar-refractivity contribution < 1.29 is 14.6 Å². The van der Waals surface area contributed by atoms with E-state index in [1.165, 1.54) is 0 Å². The Balaban J connectivity index is 2.23. The molecule has 1 aliphatic rings. The molecular weight excluding hydrogens is 254 g/mol. The van der Waals surface area contributed by atoms with Crippen molar-refractivity contribution in [2.45, 2.75) is 70.6 Å². The van der Waals surface area contributed by atoms with E-state index in [4.69, 9.17) is 14.6 Å². The lowest BCUT2D eigenvalue weighted by Gasteiger charge is -2.36. The van der Waals surface area contributed by atoms with E-state index in [9.17, 15) is 0 Å². The van der Waals surface area contributed by atoms with E-state index in [-0.39, 0.29) is 5.54 Å². The van der Waals surface area contributed by atoms with Crippen molar-refractivity contribution in [1.82, 2.24) is 4.90 Å². The Morgan fingerprint density at radius 3 is 2.45 bits per heavy atom. The van der Waals surface area contributed by atoms with Gasteiger partial charge in [0.05, 0.1) is 12.7 Å². The Morgan fingerprint density at radius 2 is 1.85 bits per heavy atom. The van der Waals surface area contributed by atoms with E-state index in [1.807, 2.05) is 0 Å². The molecule has 0 aromatic carbocycles. The van der Waals surface area contributed by atoms with Gasteiger partial charge in [-0.3, -0.25) is 4.90 Å². The van der Waals surface area contributed by atoms with Gasteiger partial charge in [0.15, 0.2) is 0 Å². The molecule has 120 valence electrons. The molecule has 0 aliphatic carbocycles. The highest BCUT2D eigenvalue weighted by molar-refractivity contribution is 4.92. The summed E-state index contributed by atoms with van der Waals surface area (Å²) in [6, 6.07) is 0.470. The van der Waals surface area contributed by atoms with E-state index in [0.29, 0.717) is 18.8 Å². The smallest absolute Gasteiger partial charge is 0.0714 e. The molecule has 0 saturated carbocycles. The van der Waals surface area contributed by atoms with Crippen LogP contribution in [-0.4, -0.2) is 61.2 Å². The fourth-order valence-electron chi connectivity index (χ4n) is 2.91. The molecule has 0 aromatic rings. The van der Waals surface area contributed by atoms with Crippen LogP contribution in [0.5, 0.6) is 0 Å². The summed E-state index contributed by atoms with van der Waals surface area (Å²) in [4.78, 5) is 2.51. The maximum Gasteiger partial charge on any atom is 0.0714 e. The number of ether oxygens (including phenoxy) is 2. The minimum atomic E-state index is 0.169. The van der Waals surface area contributed by atoms with Gasteiger partial charge in [-0.1, -0.05) is 12.8 Å². The van der Waals surface area contributed by atoms with Gasteiger partial charge in [-0.2, -0.15) is 0 Å². The molecule has 20 heavy (non-hydrogen) atoms. The number of rotatable bonds is 9. The number of aliphatic hydroxyl groups is 1. The zero-order valence-electron chi connectivity index (χ0n) is 13.7. The largest absolute Gasteiger partial charge is 0.396 e. The SMILES string of the molecule is COC1CC(COCCCCCCO)N(C(C)(C)C)C1. The number of methoxy groups -OCH3 is 1. The fraction of sp³-hybridized carbons (Fsp3) is 1.00. The summed E-state index contributed by atoms with van der Waals surface area (Å²) >= 11 is 0. The summed E-state index contributed by atoms with van der Waals surface area (Å²) in [5.41, 5.74) is 0.169. The predicted molar refractivity (Wildman–Crippen MR) is 82.0 cm³/mol. The highest BCUT2D eigenvalue weighted by Crippen LogP contribution is 2.28. The Kier molecular flexibility index (Phi) is 8.03. The first-order valence-corrected chi connectivity index (χ1v) is 7.97. The summed E-state index contributed by atoms with van der Waals surface area (Å²) in [6.45, 7) is 9.72. The Bertz CT molecular complexity index is 253. The van der Waals surface area contributed by atoms with Crippen molar-refractivity contribution in [3.8, 4) is 0 Å². The Morgan fingerprint density at radius 1 is 1.15 bits per heavy atom. The number of aliphatic hydroxyl groups excluding tert-OH is 1. The average Bonchev–Trinajstić information content (AvgIpc) is 2.81. The summed E-state index contributed by atoms with van der Waals surface area (Å²) in [7, 11) is 1.80. The molecule has 1 aliphatic heterocycles. The van der Waals surface area contributed by atoms with Gasteiger partial charge in [0.25, 0.3) is 0 Å². The quantitative estimate of drug-likeness (QED) is 0.661. The number of hydrogen-bond acceptors (Lipinski definition) is 4. The number of likely N-dealkylation sites (tertiary alicyclic amines) is 1.